The summed E-state index contributed by atoms with van der Waals surface area (Å²) in [7, 11) is 0. The number of nitrogens with zero attached hydrogens (tertiary/aromatic N) is 1. The lowest BCUT2D eigenvalue weighted by molar-refractivity contribution is -0.120. The predicted octanol–water partition coefficient (Wildman–Crippen LogP) is 3.77. The molecule has 1 saturated heterocycles. The Balaban J connectivity index is 1.62. The Morgan fingerprint density at radius 2 is 2.00 bits per heavy atom. The van der Waals surface area contributed by atoms with Crippen molar-refractivity contribution in [1.82, 2.24) is 4.90 Å². The molecule has 2 aromatic carbocycles. The maximum Gasteiger partial charge on any atom is 0.273 e. The molecule has 0 saturated carbocycles. The first-order chi connectivity index (χ1) is 12.5. The highest BCUT2D eigenvalue weighted by atomic mass is 32.2. The molecule has 0 N–H and O–H groups in total. The van der Waals surface area contributed by atoms with E-state index in [1.807, 2.05) is 19.1 Å². The van der Waals surface area contributed by atoms with Crippen LogP contribution in [-0.4, -0.2) is 27.8 Å². The summed E-state index contributed by atoms with van der Waals surface area (Å²) >= 11 is 6.37. The smallest absolute Gasteiger partial charge is 0.273 e. The maximum atomic E-state index is 12.7. The Labute approximate surface area is 159 Å². The fourth-order valence-corrected chi connectivity index (χ4v) is 3.96. The number of benzene rings is 2. The Hall–Kier alpha value is -2.64. The van der Waals surface area contributed by atoms with Crippen molar-refractivity contribution >= 4 is 46.2 Å². The van der Waals surface area contributed by atoms with Crippen molar-refractivity contribution in [3.8, 4) is 11.5 Å². The van der Waals surface area contributed by atoms with Gasteiger partial charge in [0.15, 0.2) is 15.8 Å². The van der Waals surface area contributed by atoms with Crippen LogP contribution in [0.2, 0.25) is 0 Å². The topological polar surface area (TPSA) is 55.8 Å². The van der Waals surface area contributed by atoms with Crippen LogP contribution in [0.5, 0.6) is 11.5 Å². The molecule has 0 unspecified atom stereocenters. The Bertz CT molecular complexity index is 983. The summed E-state index contributed by atoms with van der Waals surface area (Å²) in [4.78, 5) is 26.9. The van der Waals surface area contributed by atoms with E-state index < -0.39 is 11.8 Å². The molecule has 2 amide bonds. The van der Waals surface area contributed by atoms with Crippen LogP contribution in [0.4, 0.5) is 0 Å². The molecule has 2 aliphatic rings. The van der Waals surface area contributed by atoms with Gasteiger partial charge in [0, 0.05) is 5.56 Å². The van der Waals surface area contributed by atoms with Crippen LogP contribution >= 0.6 is 24.0 Å². The van der Waals surface area contributed by atoms with Crippen molar-refractivity contribution in [3.05, 3.63) is 64.1 Å². The van der Waals surface area contributed by atoms with Crippen LogP contribution in [0.15, 0.2) is 47.4 Å². The zero-order chi connectivity index (χ0) is 18.3. The lowest BCUT2D eigenvalue weighted by atomic mass is 10.1. The third kappa shape index (κ3) is 3.00. The van der Waals surface area contributed by atoms with E-state index in [4.69, 9.17) is 21.7 Å². The van der Waals surface area contributed by atoms with Gasteiger partial charge < -0.3 is 9.47 Å². The molecule has 26 heavy (non-hydrogen) atoms. The number of imide groups is 1. The van der Waals surface area contributed by atoms with Gasteiger partial charge in [-0.3, -0.25) is 9.59 Å². The molecule has 0 aliphatic carbocycles. The number of aryl methyl sites for hydroxylation is 1. The number of rotatable bonds is 2. The molecule has 130 valence electrons. The molecule has 2 heterocycles. The van der Waals surface area contributed by atoms with Gasteiger partial charge in [-0.2, -0.15) is 0 Å². The number of thiocarbonyl (C=S) groups is 1. The largest absolute Gasteiger partial charge is 0.454 e. The molecule has 0 bridgehead atoms. The van der Waals surface area contributed by atoms with E-state index in [1.165, 1.54) is 0 Å². The van der Waals surface area contributed by atoms with Gasteiger partial charge in [0.1, 0.15) is 0 Å². The number of hydrogen-bond acceptors (Lipinski definition) is 6. The van der Waals surface area contributed by atoms with Gasteiger partial charge >= 0.3 is 0 Å². The van der Waals surface area contributed by atoms with Gasteiger partial charge in [-0.05, 0) is 42.8 Å². The molecule has 0 atom stereocenters. The second-order valence-corrected chi connectivity index (χ2v) is 7.48. The molecule has 7 heteroatoms. The zero-order valence-corrected chi connectivity index (χ0v) is 15.4. The summed E-state index contributed by atoms with van der Waals surface area (Å²) in [6, 6.07) is 12.5. The van der Waals surface area contributed by atoms with E-state index in [0.717, 1.165) is 27.8 Å². The normalized spacial score (nSPS) is 17.3. The summed E-state index contributed by atoms with van der Waals surface area (Å²) in [6.07, 6.45) is 1.70. The highest BCUT2D eigenvalue weighted by molar-refractivity contribution is 8.26. The Kier molecular flexibility index (Phi) is 4.26. The van der Waals surface area contributed by atoms with Gasteiger partial charge in [0.2, 0.25) is 6.79 Å². The third-order valence-corrected chi connectivity index (χ3v) is 5.26. The summed E-state index contributed by atoms with van der Waals surface area (Å²) in [6.45, 7) is 2.08. The standard InChI is InChI=1S/C19H13NO4S2/c1-11-3-2-4-13(7-11)17(21)20-18(22)16(26-19(20)25)9-12-5-6-14-15(8-12)24-10-23-14/h2-9H,10H2,1H3/b16-9+. The predicted molar refractivity (Wildman–Crippen MR) is 103 cm³/mol. The summed E-state index contributed by atoms with van der Waals surface area (Å²) in [5.41, 5.74) is 2.15. The molecule has 2 aliphatic heterocycles. The van der Waals surface area contributed by atoms with E-state index >= 15 is 0 Å². The van der Waals surface area contributed by atoms with Gasteiger partial charge in [0.05, 0.1) is 4.91 Å². The number of amides is 2. The van der Waals surface area contributed by atoms with Crippen LogP contribution in [0.3, 0.4) is 0 Å². The van der Waals surface area contributed by atoms with Crippen molar-refractivity contribution < 1.29 is 19.1 Å². The average molecular weight is 383 g/mol. The van der Waals surface area contributed by atoms with Gasteiger partial charge in [-0.25, -0.2) is 4.90 Å². The van der Waals surface area contributed by atoms with Crippen molar-refractivity contribution in [1.29, 1.82) is 0 Å². The van der Waals surface area contributed by atoms with Crippen LogP contribution in [0.1, 0.15) is 21.5 Å². The van der Waals surface area contributed by atoms with E-state index in [9.17, 15) is 9.59 Å². The number of hydrogen-bond donors (Lipinski definition) is 0. The van der Waals surface area contributed by atoms with Gasteiger partial charge in [0.25, 0.3) is 11.8 Å². The van der Waals surface area contributed by atoms with Crippen LogP contribution in [0, 0.1) is 6.92 Å². The molecule has 0 spiro atoms. The fraction of sp³-hybridized carbons (Fsp3) is 0.105. The Morgan fingerprint density at radius 1 is 1.19 bits per heavy atom. The van der Waals surface area contributed by atoms with Crippen molar-refractivity contribution in [2.24, 2.45) is 0 Å². The maximum absolute atomic E-state index is 12.7. The van der Waals surface area contributed by atoms with E-state index in [1.54, 1.807) is 36.4 Å². The van der Waals surface area contributed by atoms with Crippen molar-refractivity contribution in [3.63, 3.8) is 0 Å². The first kappa shape index (κ1) is 16.8. The molecular weight excluding hydrogens is 370 g/mol. The van der Waals surface area contributed by atoms with E-state index in [-0.39, 0.29) is 11.1 Å². The number of ether oxygens (including phenoxy) is 2. The molecule has 4 rings (SSSR count). The minimum absolute atomic E-state index is 0.186. The zero-order valence-electron chi connectivity index (χ0n) is 13.7. The van der Waals surface area contributed by atoms with Gasteiger partial charge in [-0.15, -0.1) is 0 Å². The first-order valence-electron chi connectivity index (χ1n) is 7.81. The number of carbonyl (C=O) groups is 2. The summed E-state index contributed by atoms with van der Waals surface area (Å²) in [5, 5.41) is 0. The average Bonchev–Trinajstić information content (AvgIpc) is 3.18. The fourth-order valence-electron chi connectivity index (χ4n) is 2.70. The molecule has 1 fully saturated rings. The Morgan fingerprint density at radius 3 is 2.81 bits per heavy atom. The third-order valence-electron chi connectivity index (χ3n) is 3.96. The van der Waals surface area contributed by atoms with E-state index in [2.05, 4.69) is 0 Å². The lowest BCUT2D eigenvalue weighted by Crippen LogP contribution is -2.34. The molecule has 0 aromatic heterocycles. The second kappa shape index (κ2) is 6.59. The first-order valence-corrected chi connectivity index (χ1v) is 9.04. The van der Waals surface area contributed by atoms with E-state index in [0.29, 0.717) is 22.0 Å². The minimum atomic E-state index is -0.413. The monoisotopic (exact) mass is 383 g/mol. The molecule has 0 radical (unpaired) electrons. The van der Waals surface area contributed by atoms with Crippen LogP contribution in [-0.2, 0) is 4.79 Å². The number of carbonyl (C=O) groups excluding carboxylic acids is 2. The summed E-state index contributed by atoms with van der Waals surface area (Å²) in [5.74, 6) is 0.476. The molecule has 2 aromatic rings. The van der Waals surface area contributed by atoms with Gasteiger partial charge in [-0.1, -0.05) is 47.7 Å². The SMILES string of the molecule is Cc1cccc(C(=O)N2C(=O)/C(=C\c3ccc4c(c3)OCO4)SC2=S)c1. The van der Waals surface area contributed by atoms with Crippen LogP contribution < -0.4 is 9.47 Å². The van der Waals surface area contributed by atoms with Crippen LogP contribution in [0.25, 0.3) is 6.08 Å². The lowest BCUT2D eigenvalue weighted by Gasteiger charge is -2.12. The minimum Gasteiger partial charge on any atom is -0.454 e. The number of thioether (sulfide) groups is 1. The second-order valence-electron chi connectivity index (χ2n) is 5.80. The quantitative estimate of drug-likeness (QED) is 0.447. The molecular formula is C19H13NO4S2. The molecule has 5 nitrogen and oxygen atoms in total. The summed E-state index contributed by atoms with van der Waals surface area (Å²) < 4.78 is 10.9. The highest BCUT2D eigenvalue weighted by Gasteiger charge is 2.37. The van der Waals surface area contributed by atoms with Crippen molar-refractivity contribution in [2.45, 2.75) is 6.92 Å². The van der Waals surface area contributed by atoms with Crippen molar-refractivity contribution in [2.75, 3.05) is 6.79 Å². The number of fused-ring (bicyclic) bond motifs is 1. The highest BCUT2D eigenvalue weighted by Crippen LogP contribution is 2.36.